The minimum absolute atomic E-state index is 0.0399. The van der Waals surface area contributed by atoms with Gasteiger partial charge in [-0.05, 0) is 50.4 Å². The first kappa shape index (κ1) is 28.0. The molecular weight excluding hydrogens is 448 g/mol. The van der Waals surface area contributed by atoms with Gasteiger partial charge in [0.05, 0.1) is 50.1 Å². The molecule has 0 bridgehead atoms. The lowest BCUT2D eigenvalue weighted by molar-refractivity contribution is -0.162. The van der Waals surface area contributed by atoms with Crippen LogP contribution in [0.15, 0.2) is 0 Å². The number of aliphatic carboxylic acids is 2. The minimum atomic E-state index is -0.956. The SMILES string of the molecule is CC1CCC(C(=O)O)C(C(=O)OCCOCCOCCOC(=O)C2CC(C)CCC2C(=O)O)C1. The van der Waals surface area contributed by atoms with Gasteiger partial charge in [0.15, 0.2) is 0 Å². The molecule has 34 heavy (non-hydrogen) atoms. The van der Waals surface area contributed by atoms with E-state index in [0.29, 0.717) is 37.5 Å². The van der Waals surface area contributed by atoms with Crippen LogP contribution < -0.4 is 0 Å². The van der Waals surface area contributed by atoms with Crippen LogP contribution in [-0.2, 0) is 38.1 Å². The lowest BCUT2D eigenvalue weighted by atomic mass is 9.74. The summed E-state index contributed by atoms with van der Waals surface area (Å²) in [5.74, 6) is -4.91. The predicted molar refractivity (Wildman–Crippen MR) is 119 cm³/mol. The molecule has 2 aliphatic rings. The summed E-state index contributed by atoms with van der Waals surface area (Å²) < 4.78 is 21.1. The lowest BCUT2D eigenvalue weighted by Crippen LogP contribution is -2.36. The Hall–Kier alpha value is -2.20. The number of carboxylic acids is 2. The predicted octanol–water partition coefficient (Wildman–Crippen LogP) is 2.38. The van der Waals surface area contributed by atoms with Crippen LogP contribution in [0, 0.1) is 35.5 Å². The molecule has 0 amide bonds. The highest BCUT2D eigenvalue weighted by molar-refractivity contribution is 5.82. The number of hydrogen-bond donors (Lipinski definition) is 2. The fraction of sp³-hybridized carbons (Fsp3) is 0.833. The molecule has 6 atom stereocenters. The van der Waals surface area contributed by atoms with Crippen molar-refractivity contribution in [1.82, 2.24) is 0 Å². The van der Waals surface area contributed by atoms with E-state index >= 15 is 0 Å². The summed E-state index contributed by atoms with van der Waals surface area (Å²) >= 11 is 0. The summed E-state index contributed by atoms with van der Waals surface area (Å²) in [6.07, 6.45) is 3.60. The third-order valence-corrected chi connectivity index (χ3v) is 6.78. The number of carbonyl (C=O) groups excluding carboxylic acids is 2. The van der Waals surface area contributed by atoms with Crippen molar-refractivity contribution in [2.45, 2.75) is 52.4 Å². The van der Waals surface area contributed by atoms with Crippen molar-refractivity contribution in [3.63, 3.8) is 0 Å². The van der Waals surface area contributed by atoms with Crippen LogP contribution in [0.3, 0.4) is 0 Å². The van der Waals surface area contributed by atoms with E-state index in [0.717, 1.165) is 12.8 Å². The van der Waals surface area contributed by atoms with Gasteiger partial charge < -0.3 is 29.2 Å². The van der Waals surface area contributed by atoms with Crippen molar-refractivity contribution in [2.75, 3.05) is 39.6 Å². The van der Waals surface area contributed by atoms with Gasteiger partial charge in [-0.3, -0.25) is 19.2 Å². The van der Waals surface area contributed by atoms with Gasteiger partial charge in [0.25, 0.3) is 0 Å². The van der Waals surface area contributed by atoms with Gasteiger partial charge in [0.2, 0.25) is 0 Å². The van der Waals surface area contributed by atoms with Crippen molar-refractivity contribution in [1.29, 1.82) is 0 Å². The summed E-state index contributed by atoms with van der Waals surface area (Å²) in [5, 5.41) is 18.6. The minimum Gasteiger partial charge on any atom is -0.481 e. The van der Waals surface area contributed by atoms with Gasteiger partial charge in [0, 0.05) is 0 Å². The molecular formula is C24H38O10. The molecule has 0 radical (unpaired) electrons. The van der Waals surface area contributed by atoms with Crippen molar-refractivity contribution in [3.8, 4) is 0 Å². The highest BCUT2D eigenvalue weighted by Crippen LogP contribution is 2.35. The molecule has 10 nitrogen and oxygen atoms in total. The third kappa shape index (κ3) is 8.87. The van der Waals surface area contributed by atoms with Gasteiger partial charge in [-0.1, -0.05) is 13.8 Å². The zero-order valence-electron chi connectivity index (χ0n) is 20.1. The van der Waals surface area contributed by atoms with Gasteiger partial charge in [-0.25, -0.2) is 0 Å². The molecule has 2 fully saturated rings. The third-order valence-electron chi connectivity index (χ3n) is 6.78. The smallest absolute Gasteiger partial charge is 0.309 e. The number of hydrogen-bond acceptors (Lipinski definition) is 8. The monoisotopic (exact) mass is 486 g/mol. The zero-order chi connectivity index (χ0) is 25.1. The van der Waals surface area contributed by atoms with E-state index in [2.05, 4.69) is 0 Å². The van der Waals surface area contributed by atoms with Crippen molar-refractivity contribution < 1.29 is 48.3 Å². The molecule has 0 saturated heterocycles. The summed E-state index contributed by atoms with van der Waals surface area (Å²) in [6.45, 7) is 4.94. The highest BCUT2D eigenvalue weighted by Gasteiger charge is 2.40. The fourth-order valence-corrected chi connectivity index (χ4v) is 4.81. The standard InChI is InChI=1S/C24H38O10/c1-15-3-5-17(21(25)26)19(13-15)23(29)33-11-9-31-7-8-32-10-12-34-24(30)20-14-16(2)4-6-18(20)22(27)28/h15-20H,3-14H2,1-2H3,(H,25,26)(H,27,28). The van der Waals surface area contributed by atoms with Crippen LogP contribution in [0.4, 0.5) is 0 Å². The van der Waals surface area contributed by atoms with Gasteiger partial charge in [-0.2, -0.15) is 0 Å². The van der Waals surface area contributed by atoms with Crippen LogP contribution in [0.1, 0.15) is 52.4 Å². The highest BCUT2D eigenvalue weighted by atomic mass is 16.6. The second kappa shape index (κ2) is 14.3. The van der Waals surface area contributed by atoms with Gasteiger partial charge >= 0.3 is 23.9 Å². The quantitative estimate of drug-likeness (QED) is 0.294. The van der Waals surface area contributed by atoms with Crippen molar-refractivity contribution in [2.24, 2.45) is 35.5 Å². The van der Waals surface area contributed by atoms with Crippen LogP contribution in [0.5, 0.6) is 0 Å². The molecule has 0 aliphatic heterocycles. The summed E-state index contributed by atoms with van der Waals surface area (Å²) in [5.41, 5.74) is 0. The average Bonchev–Trinajstić information content (AvgIpc) is 2.79. The lowest BCUT2D eigenvalue weighted by Gasteiger charge is -2.30. The van der Waals surface area contributed by atoms with Crippen LogP contribution in [0.25, 0.3) is 0 Å². The molecule has 194 valence electrons. The Morgan fingerprint density at radius 2 is 0.941 bits per heavy atom. The largest absolute Gasteiger partial charge is 0.481 e. The van der Waals surface area contributed by atoms with Crippen LogP contribution in [0.2, 0.25) is 0 Å². The summed E-state index contributed by atoms with van der Waals surface area (Å²) in [6, 6.07) is 0. The Balaban J connectivity index is 1.52. The van der Waals surface area contributed by atoms with Crippen LogP contribution in [-0.4, -0.2) is 73.7 Å². The molecule has 2 saturated carbocycles. The normalized spacial score (nSPS) is 29.2. The first-order valence-corrected chi connectivity index (χ1v) is 12.1. The maximum Gasteiger partial charge on any atom is 0.309 e. The molecule has 2 rings (SSSR count). The molecule has 0 aromatic rings. The average molecular weight is 487 g/mol. The number of carbonyl (C=O) groups is 4. The Labute approximate surface area is 200 Å². The van der Waals surface area contributed by atoms with E-state index in [-0.39, 0.29) is 39.6 Å². The van der Waals surface area contributed by atoms with E-state index in [1.165, 1.54) is 0 Å². The van der Waals surface area contributed by atoms with E-state index in [1.54, 1.807) is 0 Å². The van der Waals surface area contributed by atoms with Crippen molar-refractivity contribution >= 4 is 23.9 Å². The summed E-state index contributed by atoms with van der Waals surface area (Å²) in [7, 11) is 0. The Morgan fingerprint density at radius 1 is 0.588 bits per heavy atom. The Morgan fingerprint density at radius 3 is 1.29 bits per heavy atom. The maximum atomic E-state index is 12.3. The molecule has 2 N–H and O–H groups in total. The fourth-order valence-electron chi connectivity index (χ4n) is 4.81. The maximum absolute atomic E-state index is 12.3. The molecule has 10 heteroatoms. The molecule has 0 heterocycles. The first-order chi connectivity index (χ1) is 16.2. The van der Waals surface area contributed by atoms with E-state index in [1.807, 2.05) is 13.8 Å². The number of esters is 2. The second-order valence-corrected chi connectivity index (χ2v) is 9.50. The number of carboxylic acid groups (broad SMARTS) is 2. The zero-order valence-corrected chi connectivity index (χ0v) is 20.1. The molecule has 0 aromatic heterocycles. The molecule has 2 aliphatic carbocycles. The van der Waals surface area contributed by atoms with E-state index in [4.69, 9.17) is 18.9 Å². The van der Waals surface area contributed by atoms with Gasteiger partial charge in [-0.15, -0.1) is 0 Å². The molecule has 6 unspecified atom stereocenters. The van der Waals surface area contributed by atoms with Gasteiger partial charge in [0.1, 0.15) is 13.2 Å². The summed E-state index contributed by atoms with van der Waals surface area (Å²) in [4.78, 5) is 47.3. The second-order valence-electron chi connectivity index (χ2n) is 9.50. The Kier molecular flexibility index (Phi) is 11.8. The van der Waals surface area contributed by atoms with E-state index < -0.39 is 47.5 Å². The first-order valence-electron chi connectivity index (χ1n) is 12.1. The Bertz CT molecular complexity index is 635. The van der Waals surface area contributed by atoms with Crippen molar-refractivity contribution in [3.05, 3.63) is 0 Å². The van der Waals surface area contributed by atoms with E-state index in [9.17, 15) is 29.4 Å². The topological polar surface area (TPSA) is 146 Å². The number of rotatable bonds is 13. The molecule has 0 spiro atoms. The number of ether oxygens (including phenoxy) is 4. The van der Waals surface area contributed by atoms with Crippen LogP contribution >= 0.6 is 0 Å². The molecule has 0 aromatic carbocycles.